The molecule has 0 spiro atoms. The summed E-state index contributed by atoms with van der Waals surface area (Å²) in [5, 5.41) is 10.8. The molecule has 0 aromatic heterocycles. The number of ketones is 1. The fourth-order valence-electron chi connectivity index (χ4n) is 2.55. The first kappa shape index (κ1) is 19.4. The predicted molar refractivity (Wildman–Crippen MR) is 101 cm³/mol. The normalized spacial score (nSPS) is 12.3. The van der Waals surface area contributed by atoms with Crippen LogP contribution in [-0.4, -0.2) is 19.1 Å². The summed E-state index contributed by atoms with van der Waals surface area (Å²) in [5.74, 6) is -0.516. The Morgan fingerprint density at radius 1 is 0.857 bits per heavy atom. The number of carbonyl (C=O) groups is 1. The predicted octanol–water partition coefficient (Wildman–Crippen LogP) is 3.92. The van der Waals surface area contributed by atoms with Crippen molar-refractivity contribution in [1.29, 1.82) is 0 Å². The summed E-state index contributed by atoms with van der Waals surface area (Å²) in [6, 6.07) is 20.7. The Bertz CT molecular complexity index is 1080. The van der Waals surface area contributed by atoms with E-state index in [2.05, 4.69) is 0 Å². The van der Waals surface area contributed by atoms with E-state index in [9.17, 15) is 23.3 Å². The largest absolute Gasteiger partial charge is 0.298 e. The molecular formula is C20H15NO6S. The van der Waals surface area contributed by atoms with Gasteiger partial charge in [0.25, 0.3) is 15.8 Å². The minimum Gasteiger partial charge on any atom is -0.291 e. The van der Waals surface area contributed by atoms with Crippen molar-refractivity contribution in [2.45, 2.75) is 11.0 Å². The molecule has 3 aromatic rings. The molecule has 0 N–H and O–H groups in total. The maximum atomic E-state index is 12.9. The highest BCUT2D eigenvalue weighted by Crippen LogP contribution is 2.28. The van der Waals surface area contributed by atoms with E-state index < -0.39 is 26.9 Å². The molecule has 7 nitrogen and oxygen atoms in total. The molecule has 0 amide bonds. The van der Waals surface area contributed by atoms with Crippen LogP contribution in [0.25, 0.3) is 0 Å². The van der Waals surface area contributed by atoms with Crippen molar-refractivity contribution in [2.24, 2.45) is 0 Å². The second kappa shape index (κ2) is 8.12. The molecule has 1 atom stereocenters. The van der Waals surface area contributed by atoms with Crippen molar-refractivity contribution in [3.05, 3.63) is 106 Å². The number of non-ortho nitro benzene ring substituents is 1. The Morgan fingerprint density at radius 2 is 1.39 bits per heavy atom. The second-order valence-corrected chi connectivity index (χ2v) is 7.39. The van der Waals surface area contributed by atoms with Crippen molar-refractivity contribution in [1.82, 2.24) is 0 Å². The number of hydrogen-bond acceptors (Lipinski definition) is 6. The molecule has 0 saturated heterocycles. The Balaban J connectivity index is 1.97. The fraction of sp³-hybridized carbons (Fsp3) is 0.0500. The number of nitrogens with zero attached hydrogens (tertiary/aromatic N) is 1. The lowest BCUT2D eigenvalue weighted by Gasteiger charge is -2.17. The summed E-state index contributed by atoms with van der Waals surface area (Å²) in [6.07, 6.45) is -1.39. The molecule has 0 fully saturated rings. The lowest BCUT2D eigenvalue weighted by molar-refractivity contribution is -0.384. The third-order valence-electron chi connectivity index (χ3n) is 3.96. The zero-order valence-corrected chi connectivity index (χ0v) is 15.3. The van der Waals surface area contributed by atoms with Crippen LogP contribution >= 0.6 is 0 Å². The molecule has 0 radical (unpaired) electrons. The number of nitro benzene ring substituents is 1. The van der Waals surface area contributed by atoms with Gasteiger partial charge >= 0.3 is 0 Å². The average molecular weight is 397 g/mol. The third kappa shape index (κ3) is 4.30. The lowest BCUT2D eigenvalue weighted by atomic mass is 10.0. The van der Waals surface area contributed by atoms with Crippen LogP contribution in [0.2, 0.25) is 0 Å². The summed E-state index contributed by atoms with van der Waals surface area (Å²) in [5.41, 5.74) is 0.427. The summed E-state index contributed by atoms with van der Waals surface area (Å²) in [6.45, 7) is 0. The molecule has 8 heteroatoms. The van der Waals surface area contributed by atoms with E-state index in [-0.39, 0.29) is 10.6 Å². The van der Waals surface area contributed by atoms with Gasteiger partial charge in [0.05, 0.1) is 9.82 Å². The van der Waals surface area contributed by atoms with Crippen molar-refractivity contribution in [3.8, 4) is 0 Å². The standard InChI is InChI=1S/C20H15NO6S/c22-19(15-7-3-1-4-8-15)20(16-9-5-2-6-10-16)27-28(25,26)18-13-11-17(12-14-18)21(23)24/h1-14,20H. The van der Waals surface area contributed by atoms with Crippen molar-refractivity contribution in [2.75, 3.05) is 0 Å². The van der Waals surface area contributed by atoms with Crippen LogP contribution in [0.1, 0.15) is 22.0 Å². The van der Waals surface area contributed by atoms with Crippen LogP contribution in [0.3, 0.4) is 0 Å². The third-order valence-corrected chi connectivity index (χ3v) is 5.25. The van der Waals surface area contributed by atoms with Crippen LogP contribution in [0.15, 0.2) is 89.8 Å². The molecule has 0 aliphatic rings. The maximum Gasteiger partial charge on any atom is 0.298 e. The van der Waals surface area contributed by atoms with E-state index in [1.165, 1.54) is 0 Å². The molecule has 0 bridgehead atoms. The highest BCUT2D eigenvalue weighted by atomic mass is 32.2. The molecule has 0 heterocycles. The first-order valence-corrected chi connectivity index (χ1v) is 9.61. The van der Waals surface area contributed by atoms with Gasteiger partial charge in [-0.1, -0.05) is 60.7 Å². The fourth-order valence-corrected chi connectivity index (χ4v) is 3.58. The Morgan fingerprint density at radius 3 is 1.93 bits per heavy atom. The van der Waals surface area contributed by atoms with Gasteiger partial charge in [-0.05, 0) is 17.7 Å². The smallest absolute Gasteiger partial charge is 0.291 e. The first-order valence-electron chi connectivity index (χ1n) is 8.20. The number of benzene rings is 3. The van der Waals surface area contributed by atoms with E-state index in [4.69, 9.17) is 4.18 Å². The zero-order chi connectivity index (χ0) is 20.1. The van der Waals surface area contributed by atoms with E-state index in [1.54, 1.807) is 60.7 Å². The molecule has 28 heavy (non-hydrogen) atoms. The quantitative estimate of drug-likeness (QED) is 0.259. The second-order valence-electron chi connectivity index (χ2n) is 5.82. The van der Waals surface area contributed by atoms with Crippen molar-refractivity contribution >= 4 is 21.6 Å². The Labute approximate surface area is 161 Å². The number of Topliss-reactive ketones (excluding diaryl/α,β-unsaturated/α-hetero) is 1. The average Bonchev–Trinajstić information content (AvgIpc) is 2.73. The molecular weight excluding hydrogens is 382 g/mol. The molecule has 142 valence electrons. The van der Waals surface area contributed by atoms with Crippen LogP contribution in [0.5, 0.6) is 0 Å². The van der Waals surface area contributed by atoms with E-state index in [1.807, 2.05) is 0 Å². The van der Waals surface area contributed by atoms with Crippen molar-refractivity contribution in [3.63, 3.8) is 0 Å². The van der Waals surface area contributed by atoms with Gasteiger partial charge in [0.2, 0.25) is 0 Å². The minimum absolute atomic E-state index is 0.251. The summed E-state index contributed by atoms with van der Waals surface area (Å²) < 4.78 is 30.7. The van der Waals surface area contributed by atoms with Crippen LogP contribution in [-0.2, 0) is 14.3 Å². The Hall–Kier alpha value is -3.36. The molecule has 1 unspecified atom stereocenters. The molecule has 0 aliphatic carbocycles. The van der Waals surface area contributed by atoms with Gasteiger partial charge in [-0.3, -0.25) is 14.9 Å². The number of nitro groups is 1. The molecule has 0 aliphatic heterocycles. The maximum absolute atomic E-state index is 12.9. The highest BCUT2D eigenvalue weighted by molar-refractivity contribution is 7.86. The van der Waals surface area contributed by atoms with Gasteiger partial charge in [-0.25, -0.2) is 4.18 Å². The van der Waals surface area contributed by atoms with Gasteiger partial charge in [-0.2, -0.15) is 8.42 Å². The molecule has 3 aromatic carbocycles. The number of carbonyl (C=O) groups excluding carboxylic acids is 1. The van der Waals surface area contributed by atoms with E-state index in [0.717, 1.165) is 24.3 Å². The van der Waals surface area contributed by atoms with E-state index >= 15 is 0 Å². The van der Waals surface area contributed by atoms with Gasteiger partial charge in [0, 0.05) is 17.7 Å². The lowest BCUT2D eigenvalue weighted by Crippen LogP contribution is -2.20. The summed E-state index contributed by atoms with van der Waals surface area (Å²) in [4.78, 5) is 22.8. The summed E-state index contributed by atoms with van der Waals surface area (Å²) in [7, 11) is -4.35. The number of hydrogen-bond donors (Lipinski definition) is 0. The Kier molecular flexibility index (Phi) is 5.62. The number of rotatable bonds is 7. The topological polar surface area (TPSA) is 104 Å². The monoisotopic (exact) mass is 397 g/mol. The first-order chi connectivity index (χ1) is 13.4. The zero-order valence-electron chi connectivity index (χ0n) is 14.5. The summed E-state index contributed by atoms with van der Waals surface area (Å²) >= 11 is 0. The molecule has 3 rings (SSSR count). The van der Waals surface area contributed by atoms with Crippen molar-refractivity contribution < 1.29 is 22.3 Å². The van der Waals surface area contributed by atoms with Gasteiger partial charge in [0.15, 0.2) is 11.9 Å². The van der Waals surface area contributed by atoms with E-state index in [0.29, 0.717) is 11.1 Å². The minimum atomic E-state index is -4.35. The van der Waals surface area contributed by atoms with Crippen LogP contribution < -0.4 is 0 Å². The van der Waals surface area contributed by atoms with Gasteiger partial charge in [-0.15, -0.1) is 0 Å². The molecule has 0 saturated carbocycles. The van der Waals surface area contributed by atoms with Gasteiger partial charge < -0.3 is 0 Å². The highest BCUT2D eigenvalue weighted by Gasteiger charge is 2.30. The van der Waals surface area contributed by atoms with Gasteiger partial charge in [0.1, 0.15) is 0 Å². The van der Waals surface area contributed by atoms with Crippen LogP contribution in [0.4, 0.5) is 5.69 Å². The van der Waals surface area contributed by atoms with Crippen LogP contribution in [0, 0.1) is 10.1 Å². The SMILES string of the molecule is O=C(c1ccccc1)C(OS(=O)(=O)c1ccc([N+](=O)[O-])cc1)c1ccccc1.